The van der Waals surface area contributed by atoms with Gasteiger partial charge < -0.3 is 19.1 Å². The quantitative estimate of drug-likeness (QED) is 0.0448. The smallest absolute Gasteiger partial charge is 0.269 e. The number of pyridine rings is 1. The summed E-state index contributed by atoms with van der Waals surface area (Å²) in [4.78, 5) is 31.2. The minimum atomic E-state index is -0.427. The lowest BCUT2D eigenvalue weighted by Gasteiger charge is -2.37. The number of non-ortho nitro benzene ring substituents is 1. The fraction of sp³-hybridized carbons (Fsp3) is 0.220. The van der Waals surface area contributed by atoms with Crippen LogP contribution in [0.1, 0.15) is 27.8 Å². The van der Waals surface area contributed by atoms with Gasteiger partial charge in [0.1, 0.15) is 24.4 Å². The van der Waals surface area contributed by atoms with Gasteiger partial charge in [-0.05, 0) is 65.6 Å². The lowest BCUT2D eigenvalue weighted by Crippen LogP contribution is -2.45. The van der Waals surface area contributed by atoms with Crippen molar-refractivity contribution in [2.24, 2.45) is 0 Å². The molecule has 1 saturated heterocycles. The van der Waals surface area contributed by atoms with E-state index in [2.05, 4.69) is 39.0 Å². The van der Waals surface area contributed by atoms with Gasteiger partial charge in [-0.1, -0.05) is 65.7 Å². The van der Waals surface area contributed by atoms with E-state index >= 15 is 0 Å². The van der Waals surface area contributed by atoms with Gasteiger partial charge in [0.2, 0.25) is 5.88 Å². The van der Waals surface area contributed by atoms with Crippen LogP contribution in [0.5, 0.6) is 23.1 Å². The van der Waals surface area contributed by atoms with E-state index in [9.17, 15) is 14.9 Å². The highest BCUT2D eigenvalue weighted by atomic mass is 35.5. The number of carbonyl (C=O) groups excluding carboxylic acids is 1. The van der Waals surface area contributed by atoms with E-state index in [4.69, 9.17) is 37.4 Å². The Kier molecular flexibility index (Phi) is 12.6. The molecule has 0 spiro atoms. The molecule has 0 unspecified atom stereocenters. The van der Waals surface area contributed by atoms with Crippen molar-refractivity contribution in [1.29, 1.82) is 0 Å². The third-order valence-electron chi connectivity index (χ3n) is 8.87. The monoisotopic (exact) mass is 752 g/mol. The number of hydrogen-bond acceptors (Lipinski definition) is 9. The zero-order valence-corrected chi connectivity index (χ0v) is 30.6. The average Bonchev–Trinajstić information content (AvgIpc) is 3.17. The number of carbonyl (C=O) groups is 1. The molecular formula is C41H38Cl2N4O6. The van der Waals surface area contributed by atoms with Crippen molar-refractivity contribution in [2.45, 2.75) is 26.5 Å². The van der Waals surface area contributed by atoms with Gasteiger partial charge in [-0.15, -0.1) is 0 Å². The van der Waals surface area contributed by atoms with Gasteiger partial charge in [0, 0.05) is 79.7 Å². The summed E-state index contributed by atoms with van der Waals surface area (Å²) in [5.74, 6) is 2.05. The van der Waals surface area contributed by atoms with E-state index in [-0.39, 0.29) is 5.69 Å². The summed E-state index contributed by atoms with van der Waals surface area (Å²) in [6.07, 6.45) is 4.72. The van der Waals surface area contributed by atoms with Crippen LogP contribution in [0.15, 0.2) is 109 Å². The minimum absolute atomic E-state index is 0.0409. The summed E-state index contributed by atoms with van der Waals surface area (Å²) < 4.78 is 17.7. The molecule has 53 heavy (non-hydrogen) atoms. The number of nitro groups is 1. The molecule has 10 nitrogen and oxygen atoms in total. The number of aryl methyl sites for hydroxylation is 1. The molecule has 0 atom stereocenters. The average molecular weight is 754 g/mol. The second kappa shape index (κ2) is 17.9. The highest BCUT2D eigenvalue weighted by Gasteiger charge is 2.22. The molecule has 0 saturated carbocycles. The van der Waals surface area contributed by atoms with Crippen LogP contribution in [0.25, 0.3) is 5.70 Å². The van der Waals surface area contributed by atoms with Crippen molar-refractivity contribution >= 4 is 40.9 Å². The van der Waals surface area contributed by atoms with Gasteiger partial charge in [0.15, 0.2) is 5.75 Å². The molecule has 6 rings (SSSR count). The maximum absolute atomic E-state index is 11.8. The van der Waals surface area contributed by atoms with E-state index in [1.54, 1.807) is 36.5 Å². The summed E-state index contributed by atoms with van der Waals surface area (Å²) in [6.45, 7) is 6.70. The van der Waals surface area contributed by atoms with E-state index in [1.165, 1.54) is 17.7 Å². The van der Waals surface area contributed by atoms with Crippen molar-refractivity contribution in [3.05, 3.63) is 157 Å². The van der Waals surface area contributed by atoms with Crippen LogP contribution in [0.3, 0.4) is 0 Å². The molecule has 1 aliphatic rings. The first-order chi connectivity index (χ1) is 25.7. The maximum atomic E-state index is 11.8. The van der Waals surface area contributed by atoms with Gasteiger partial charge in [0.05, 0.1) is 22.7 Å². The number of halogens is 2. The lowest BCUT2D eigenvalue weighted by molar-refractivity contribution is -0.384. The van der Waals surface area contributed by atoms with Crippen LogP contribution in [0.4, 0.5) is 5.69 Å². The van der Waals surface area contributed by atoms with Crippen LogP contribution in [-0.4, -0.2) is 58.8 Å². The zero-order chi connectivity index (χ0) is 37.2. The largest absolute Gasteiger partial charge is 0.493 e. The third-order valence-corrected chi connectivity index (χ3v) is 9.52. The first-order valence-corrected chi connectivity index (χ1v) is 17.9. The maximum Gasteiger partial charge on any atom is 0.269 e. The molecule has 0 aliphatic carbocycles. The second-order valence-electron chi connectivity index (χ2n) is 12.5. The number of nitro benzene ring substituents is 1. The lowest BCUT2D eigenvalue weighted by atomic mass is 10.1. The Morgan fingerprint density at radius 3 is 2.25 bits per heavy atom. The fourth-order valence-corrected chi connectivity index (χ4v) is 6.51. The number of nitrogens with zero attached hydrogens (tertiary/aromatic N) is 4. The van der Waals surface area contributed by atoms with Crippen LogP contribution >= 0.6 is 23.2 Å². The molecular weight excluding hydrogens is 715 g/mol. The highest BCUT2D eigenvalue weighted by Crippen LogP contribution is 2.36. The standard InChI is InChI=1S/C41H38Cl2N4O6/c1-29-24-33(25-38(43)41(29)53-40-15-14-36(26-44-40)52-28-32-4-2-3-5-37(32)42)39(16-22-48)46-20-18-45(19-21-46)27-31-8-6-30(7-9-31)17-23-51-35-12-10-34(11-13-35)47(49)50/h2-16,22,24-26H,17-21,23,27-28H2,1H3/b39-16+. The molecule has 1 fully saturated rings. The van der Waals surface area contributed by atoms with Crippen molar-refractivity contribution in [3.63, 3.8) is 0 Å². The summed E-state index contributed by atoms with van der Waals surface area (Å²) in [6, 6.07) is 29.4. The Morgan fingerprint density at radius 2 is 1.58 bits per heavy atom. The van der Waals surface area contributed by atoms with Crippen LogP contribution in [-0.2, 0) is 24.4 Å². The van der Waals surface area contributed by atoms with E-state index in [1.807, 2.05) is 43.3 Å². The predicted octanol–water partition coefficient (Wildman–Crippen LogP) is 8.96. The number of rotatable bonds is 15. The molecule has 1 aliphatic heterocycles. The van der Waals surface area contributed by atoms with Crippen molar-refractivity contribution < 1.29 is 23.9 Å². The van der Waals surface area contributed by atoms with E-state index in [0.29, 0.717) is 46.4 Å². The minimum Gasteiger partial charge on any atom is -0.493 e. The highest BCUT2D eigenvalue weighted by molar-refractivity contribution is 6.32. The molecule has 0 amide bonds. The summed E-state index contributed by atoms with van der Waals surface area (Å²) in [5, 5.41) is 11.9. The Morgan fingerprint density at radius 1 is 0.868 bits per heavy atom. The normalized spacial score (nSPS) is 13.4. The number of aromatic nitrogens is 1. The molecule has 0 N–H and O–H groups in total. The van der Waals surface area contributed by atoms with Crippen LogP contribution < -0.4 is 14.2 Å². The second-order valence-corrected chi connectivity index (χ2v) is 13.3. The predicted molar refractivity (Wildman–Crippen MR) is 206 cm³/mol. The Bertz CT molecular complexity index is 2030. The van der Waals surface area contributed by atoms with E-state index < -0.39 is 4.92 Å². The number of hydrogen-bond donors (Lipinski definition) is 0. The molecule has 272 valence electrons. The Balaban J connectivity index is 0.992. The van der Waals surface area contributed by atoms with E-state index in [0.717, 1.165) is 73.4 Å². The van der Waals surface area contributed by atoms with Crippen molar-refractivity contribution in [2.75, 3.05) is 32.8 Å². The van der Waals surface area contributed by atoms with Gasteiger partial charge in [0.25, 0.3) is 5.69 Å². The first kappa shape index (κ1) is 37.3. The van der Waals surface area contributed by atoms with Gasteiger partial charge >= 0.3 is 0 Å². The number of allylic oxidation sites excluding steroid dienone is 1. The molecule has 0 radical (unpaired) electrons. The molecule has 1 aromatic heterocycles. The number of ether oxygens (including phenoxy) is 3. The number of benzene rings is 4. The Labute approximate surface area is 318 Å². The number of piperazine rings is 1. The van der Waals surface area contributed by atoms with Crippen LogP contribution in [0.2, 0.25) is 10.0 Å². The summed E-state index contributed by atoms with van der Waals surface area (Å²) in [5.41, 5.74) is 5.75. The SMILES string of the molecule is Cc1cc(/C(=C\C=O)N2CCN(Cc3ccc(CCOc4ccc([N+](=O)[O-])cc4)cc3)CC2)cc(Cl)c1Oc1ccc(OCc2ccccc2Cl)cn1. The topological polar surface area (TPSA) is 107 Å². The molecule has 5 aromatic rings. The molecule has 0 bridgehead atoms. The first-order valence-electron chi connectivity index (χ1n) is 17.1. The van der Waals surface area contributed by atoms with Crippen LogP contribution in [0, 0.1) is 17.0 Å². The molecule has 12 heteroatoms. The summed E-state index contributed by atoms with van der Waals surface area (Å²) in [7, 11) is 0. The van der Waals surface area contributed by atoms with Gasteiger partial charge in [-0.3, -0.25) is 19.8 Å². The van der Waals surface area contributed by atoms with Crippen molar-refractivity contribution in [1.82, 2.24) is 14.8 Å². The fourth-order valence-electron chi connectivity index (χ4n) is 6.02. The molecule has 4 aromatic carbocycles. The zero-order valence-electron chi connectivity index (χ0n) is 29.1. The molecule has 2 heterocycles. The Hall–Kier alpha value is -5.42. The van der Waals surface area contributed by atoms with Gasteiger partial charge in [-0.25, -0.2) is 4.98 Å². The summed E-state index contributed by atoms with van der Waals surface area (Å²) >= 11 is 13.0. The third kappa shape index (κ3) is 10.1. The van der Waals surface area contributed by atoms with Gasteiger partial charge in [-0.2, -0.15) is 0 Å². The number of aldehydes is 1. The van der Waals surface area contributed by atoms with Crippen molar-refractivity contribution in [3.8, 4) is 23.1 Å².